The summed E-state index contributed by atoms with van der Waals surface area (Å²) in [5, 5.41) is 25.9. The lowest BCUT2D eigenvalue weighted by Crippen LogP contribution is -2.52. The molecule has 1 aromatic carbocycles. The highest BCUT2D eigenvalue weighted by molar-refractivity contribution is 5.82. The first-order valence-corrected chi connectivity index (χ1v) is 6.85. The molecule has 114 valence electrons. The first kappa shape index (κ1) is 15.2. The van der Waals surface area contributed by atoms with Crippen molar-refractivity contribution < 1.29 is 14.8 Å². The molecule has 1 unspecified atom stereocenters. The molecule has 1 aliphatic rings. The highest BCUT2D eigenvalue weighted by Crippen LogP contribution is 2.39. The highest BCUT2D eigenvalue weighted by atomic mass is 16.6. The molecule has 1 aliphatic carbocycles. The summed E-state index contributed by atoms with van der Waals surface area (Å²) in [6.45, 7) is 1.62. The molecule has 0 aliphatic heterocycles. The van der Waals surface area contributed by atoms with Gasteiger partial charge in [-0.3, -0.25) is 14.9 Å². The van der Waals surface area contributed by atoms with E-state index >= 15 is 0 Å². The first-order chi connectivity index (χ1) is 9.96. The summed E-state index contributed by atoms with van der Waals surface area (Å²) in [6.07, 6.45) is 1.99. The van der Waals surface area contributed by atoms with Crippen LogP contribution in [0.4, 0.5) is 11.4 Å². The van der Waals surface area contributed by atoms with Gasteiger partial charge in [0.1, 0.15) is 5.69 Å². The Morgan fingerprint density at radius 2 is 2.14 bits per heavy atom. The number of amides is 1. The predicted molar refractivity (Wildman–Crippen MR) is 77.9 cm³/mol. The zero-order valence-electron chi connectivity index (χ0n) is 11.8. The fourth-order valence-electron chi connectivity index (χ4n) is 2.31. The van der Waals surface area contributed by atoms with Gasteiger partial charge in [-0.05, 0) is 31.7 Å². The number of aliphatic hydroxyl groups excluding tert-OH is 1. The number of para-hydroxylation sites is 2. The van der Waals surface area contributed by atoms with Gasteiger partial charge < -0.3 is 15.7 Å². The molecule has 2 rings (SSSR count). The number of nitrogens with zero attached hydrogens (tertiary/aromatic N) is 1. The Morgan fingerprint density at radius 1 is 1.48 bits per heavy atom. The van der Waals surface area contributed by atoms with Crippen LogP contribution in [-0.2, 0) is 4.79 Å². The standard InChI is InChI=1S/C14H19N3O4/c1-14(9-18,10-6-7-10)16-13(19)8-15-11-4-2-3-5-12(11)17(20)21/h2-5,10,15,18H,6-9H2,1H3,(H,16,19). The minimum atomic E-state index is -0.610. The lowest BCUT2D eigenvalue weighted by Gasteiger charge is -2.28. The van der Waals surface area contributed by atoms with Gasteiger partial charge in [0.05, 0.1) is 23.6 Å². The molecule has 7 heteroatoms. The van der Waals surface area contributed by atoms with Crippen molar-refractivity contribution in [2.75, 3.05) is 18.5 Å². The van der Waals surface area contributed by atoms with Gasteiger partial charge in [0.15, 0.2) is 0 Å². The zero-order valence-corrected chi connectivity index (χ0v) is 11.8. The number of anilines is 1. The third-order valence-electron chi connectivity index (χ3n) is 3.77. The zero-order chi connectivity index (χ0) is 15.5. The van der Waals surface area contributed by atoms with E-state index in [2.05, 4.69) is 10.6 Å². The average molecular weight is 293 g/mol. The molecule has 0 bridgehead atoms. The summed E-state index contributed by atoms with van der Waals surface area (Å²) in [4.78, 5) is 22.3. The summed E-state index contributed by atoms with van der Waals surface area (Å²) in [5.74, 6) is 0.00844. The molecule has 0 spiro atoms. The monoisotopic (exact) mass is 293 g/mol. The molecule has 1 fully saturated rings. The Bertz CT molecular complexity index is 545. The molecule has 21 heavy (non-hydrogen) atoms. The van der Waals surface area contributed by atoms with E-state index in [1.807, 2.05) is 6.92 Å². The molecular weight excluding hydrogens is 274 g/mol. The summed E-state index contributed by atoms with van der Waals surface area (Å²) < 4.78 is 0. The molecule has 0 aromatic heterocycles. The van der Waals surface area contributed by atoms with Crippen molar-refractivity contribution in [1.82, 2.24) is 5.32 Å². The number of rotatable bonds is 7. The summed E-state index contributed by atoms with van der Waals surface area (Å²) in [7, 11) is 0. The Kier molecular flexibility index (Phi) is 4.42. The normalized spacial score (nSPS) is 16.9. The van der Waals surface area contributed by atoms with E-state index in [4.69, 9.17) is 0 Å². The molecule has 1 amide bonds. The van der Waals surface area contributed by atoms with Gasteiger partial charge in [-0.25, -0.2) is 0 Å². The van der Waals surface area contributed by atoms with E-state index in [1.54, 1.807) is 18.2 Å². The number of aliphatic hydroxyl groups is 1. The van der Waals surface area contributed by atoms with Crippen molar-refractivity contribution >= 4 is 17.3 Å². The summed E-state index contributed by atoms with van der Waals surface area (Å²) in [5.41, 5.74) is -0.381. The van der Waals surface area contributed by atoms with Crippen molar-refractivity contribution in [3.05, 3.63) is 34.4 Å². The number of carbonyl (C=O) groups is 1. The maximum Gasteiger partial charge on any atom is 0.292 e. The fourth-order valence-corrected chi connectivity index (χ4v) is 2.31. The van der Waals surface area contributed by atoms with Crippen LogP contribution in [0.1, 0.15) is 19.8 Å². The molecular formula is C14H19N3O4. The fraction of sp³-hybridized carbons (Fsp3) is 0.500. The Morgan fingerprint density at radius 3 is 2.71 bits per heavy atom. The lowest BCUT2D eigenvalue weighted by molar-refractivity contribution is -0.383. The average Bonchev–Trinajstić information content (AvgIpc) is 3.30. The Balaban J connectivity index is 1.94. The smallest absolute Gasteiger partial charge is 0.292 e. The molecule has 1 saturated carbocycles. The number of nitrogens with one attached hydrogen (secondary N) is 2. The van der Waals surface area contributed by atoms with Crippen LogP contribution in [0.2, 0.25) is 0 Å². The molecule has 7 nitrogen and oxygen atoms in total. The molecule has 3 N–H and O–H groups in total. The van der Waals surface area contributed by atoms with Crippen LogP contribution >= 0.6 is 0 Å². The number of nitro benzene ring substituents is 1. The third-order valence-corrected chi connectivity index (χ3v) is 3.77. The van der Waals surface area contributed by atoms with E-state index in [0.29, 0.717) is 11.6 Å². The number of hydrogen-bond donors (Lipinski definition) is 3. The minimum absolute atomic E-state index is 0.0718. The van der Waals surface area contributed by atoms with Crippen molar-refractivity contribution in [2.24, 2.45) is 5.92 Å². The summed E-state index contributed by atoms with van der Waals surface area (Å²) >= 11 is 0. The van der Waals surface area contributed by atoms with Crippen LogP contribution < -0.4 is 10.6 Å². The molecule has 1 atom stereocenters. The van der Waals surface area contributed by atoms with Gasteiger partial charge in [-0.15, -0.1) is 0 Å². The SMILES string of the molecule is CC(CO)(NC(=O)CNc1ccccc1[N+](=O)[O-])C1CC1. The number of nitro groups is 1. The van der Waals surface area contributed by atoms with Gasteiger partial charge in [0, 0.05) is 6.07 Å². The van der Waals surface area contributed by atoms with E-state index in [-0.39, 0.29) is 24.7 Å². The van der Waals surface area contributed by atoms with E-state index in [1.165, 1.54) is 6.07 Å². The largest absolute Gasteiger partial charge is 0.394 e. The van der Waals surface area contributed by atoms with E-state index in [9.17, 15) is 20.0 Å². The van der Waals surface area contributed by atoms with Crippen LogP contribution in [0.5, 0.6) is 0 Å². The predicted octanol–water partition coefficient (Wildman–Crippen LogP) is 1.28. The second-order valence-corrected chi connectivity index (χ2v) is 5.53. The van der Waals surface area contributed by atoms with Crippen molar-refractivity contribution in [2.45, 2.75) is 25.3 Å². The Hall–Kier alpha value is -2.15. The number of benzene rings is 1. The van der Waals surface area contributed by atoms with Gasteiger partial charge in [0.25, 0.3) is 5.69 Å². The number of carbonyl (C=O) groups excluding carboxylic acids is 1. The van der Waals surface area contributed by atoms with Gasteiger partial charge in [-0.2, -0.15) is 0 Å². The van der Waals surface area contributed by atoms with Crippen LogP contribution in [0.25, 0.3) is 0 Å². The van der Waals surface area contributed by atoms with Crippen molar-refractivity contribution in [3.63, 3.8) is 0 Å². The summed E-state index contributed by atoms with van der Waals surface area (Å²) in [6, 6.07) is 6.16. The van der Waals surface area contributed by atoms with Gasteiger partial charge in [-0.1, -0.05) is 12.1 Å². The second-order valence-electron chi connectivity index (χ2n) is 5.53. The first-order valence-electron chi connectivity index (χ1n) is 6.85. The van der Waals surface area contributed by atoms with Crippen LogP contribution in [0.3, 0.4) is 0 Å². The Labute approximate surface area is 122 Å². The van der Waals surface area contributed by atoms with Crippen molar-refractivity contribution in [3.8, 4) is 0 Å². The third kappa shape index (κ3) is 3.69. The van der Waals surface area contributed by atoms with E-state index < -0.39 is 10.5 Å². The van der Waals surface area contributed by atoms with Gasteiger partial charge >= 0.3 is 0 Å². The topological polar surface area (TPSA) is 104 Å². The molecule has 0 saturated heterocycles. The van der Waals surface area contributed by atoms with Gasteiger partial charge in [0.2, 0.25) is 5.91 Å². The minimum Gasteiger partial charge on any atom is -0.394 e. The molecule has 0 radical (unpaired) electrons. The molecule has 0 heterocycles. The van der Waals surface area contributed by atoms with Crippen LogP contribution in [0.15, 0.2) is 24.3 Å². The second kappa shape index (κ2) is 6.09. The molecule has 1 aromatic rings. The van der Waals surface area contributed by atoms with Crippen LogP contribution in [-0.4, -0.2) is 34.6 Å². The van der Waals surface area contributed by atoms with Crippen LogP contribution in [0, 0.1) is 16.0 Å². The maximum atomic E-state index is 11.9. The highest BCUT2D eigenvalue weighted by Gasteiger charge is 2.42. The number of hydrogen-bond acceptors (Lipinski definition) is 5. The van der Waals surface area contributed by atoms with E-state index in [0.717, 1.165) is 12.8 Å². The van der Waals surface area contributed by atoms with Crippen molar-refractivity contribution in [1.29, 1.82) is 0 Å². The quantitative estimate of drug-likeness (QED) is 0.519. The maximum absolute atomic E-state index is 11.9. The lowest BCUT2D eigenvalue weighted by atomic mass is 9.97.